The van der Waals surface area contributed by atoms with Crippen molar-refractivity contribution < 1.29 is 9.13 Å². The summed E-state index contributed by atoms with van der Waals surface area (Å²) in [6, 6.07) is 11.1. The van der Waals surface area contributed by atoms with Crippen LogP contribution in [0.25, 0.3) is 0 Å². The van der Waals surface area contributed by atoms with Crippen LogP contribution in [0.2, 0.25) is 0 Å². The summed E-state index contributed by atoms with van der Waals surface area (Å²) >= 11 is 3.51. The first-order chi connectivity index (χ1) is 9.51. The van der Waals surface area contributed by atoms with Gasteiger partial charge in [0.1, 0.15) is 0 Å². The summed E-state index contributed by atoms with van der Waals surface area (Å²) < 4.78 is 19.7. The predicted octanol–water partition coefficient (Wildman–Crippen LogP) is 5.08. The molecule has 0 fully saturated rings. The lowest BCUT2D eigenvalue weighted by Gasteiger charge is -2.17. The molecule has 4 heteroatoms. The molecule has 0 radical (unpaired) electrons. The van der Waals surface area contributed by atoms with Crippen LogP contribution in [0.15, 0.2) is 40.9 Å². The number of halogens is 2. The van der Waals surface area contributed by atoms with Gasteiger partial charge in [-0.2, -0.15) is 0 Å². The molecule has 0 saturated heterocycles. The van der Waals surface area contributed by atoms with Gasteiger partial charge in [0.25, 0.3) is 0 Å². The van der Waals surface area contributed by atoms with E-state index in [1.54, 1.807) is 6.07 Å². The zero-order valence-electron chi connectivity index (χ0n) is 11.7. The summed E-state index contributed by atoms with van der Waals surface area (Å²) in [5.41, 5.74) is 3.05. The molecule has 0 heterocycles. The Morgan fingerprint density at radius 1 is 1.20 bits per heavy atom. The maximum Gasteiger partial charge on any atom is 0.165 e. The molecular weight excluding hydrogens is 321 g/mol. The van der Waals surface area contributed by atoms with Gasteiger partial charge in [0.15, 0.2) is 11.6 Å². The van der Waals surface area contributed by atoms with Crippen molar-refractivity contribution >= 4 is 21.6 Å². The monoisotopic (exact) mass is 337 g/mol. The minimum Gasteiger partial charge on any atom is -0.494 e. The lowest BCUT2D eigenvalue weighted by molar-refractivity contribution is 0.386. The smallest absolute Gasteiger partial charge is 0.165 e. The van der Waals surface area contributed by atoms with Crippen molar-refractivity contribution in [2.45, 2.75) is 19.9 Å². The molecule has 1 atom stereocenters. The van der Waals surface area contributed by atoms with E-state index in [4.69, 9.17) is 4.74 Å². The minimum atomic E-state index is -0.344. The molecule has 0 aromatic heterocycles. The van der Waals surface area contributed by atoms with Gasteiger partial charge in [0, 0.05) is 16.2 Å². The van der Waals surface area contributed by atoms with E-state index in [0.29, 0.717) is 0 Å². The van der Waals surface area contributed by atoms with Crippen LogP contribution in [0.3, 0.4) is 0 Å². The number of anilines is 1. The molecule has 2 nitrogen and oxygen atoms in total. The molecule has 0 aliphatic carbocycles. The van der Waals surface area contributed by atoms with Gasteiger partial charge in [0.2, 0.25) is 0 Å². The Kier molecular flexibility index (Phi) is 4.65. The number of methoxy groups -OCH3 is 1. The second kappa shape index (κ2) is 6.27. The van der Waals surface area contributed by atoms with E-state index in [9.17, 15) is 4.39 Å². The molecule has 106 valence electrons. The third-order valence-corrected chi connectivity index (χ3v) is 4.09. The van der Waals surface area contributed by atoms with Crippen molar-refractivity contribution in [3.63, 3.8) is 0 Å². The summed E-state index contributed by atoms with van der Waals surface area (Å²) in [7, 11) is 1.46. The molecule has 1 unspecified atom stereocenters. The average Bonchev–Trinajstić information content (AvgIpc) is 2.42. The molecule has 1 N–H and O–H groups in total. The van der Waals surface area contributed by atoms with Crippen LogP contribution in [-0.2, 0) is 0 Å². The molecule has 0 amide bonds. The van der Waals surface area contributed by atoms with Crippen molar-refractivity contribution in [3.8, 4) is 5.75 Å². The molecule has 2 aromatic rings. The number of nitrogens with one attached hydrogen (secondary N) is 1. The standard InChI is InChI=1S/C16H17BrFNO/c1-10-4-6-13(9-14(10)17)19-11(2)12-5-7-16(20-3)15(18)8-12/h4-9,11,19H,1-3H3. The highest BCUT2D eigenvalue weighted by molar-refractivity contribution is 9.10. The lowest BCUT2D eigenvalue weighted by atomic mass is 10.1. The first-order valence-electron chi connectivity index (χ1n) is 6.37. The summed E-state index contributed by atoms with van der Waals surface area (Å²) in [4.78, 5) is 0. The van der Waals surface area contributed by atoms with Crippen molar-refractivity contribution in [1.29, 1.82) is 0 Å². The van der Waals surface area contributed by atoms with E-state index >= 15 is 0 Å². The van der Waals surface area contributed by atoms with Crippen LogP contribution >= 0.6 is 15.9 Å². The highest BCUT2D eigenvalue weighted by atomic mass is 79.9. The zero-order valence-corrected chi connectivity index (χ0v) is 13.3. The summed E-state index contributed by atoms with van der Waals surface area (Å²) in [5, 5.41) is 3.35. The van der Waals surface area contributed by atoms with Gasteiger partial charge >= 0.3 is 0 Å². The van der Waals surface area contributed by atoms with Gasteiger partial charge < -0.3 is 10.1 Å². The Balaban J connectivity index is 2.17. The van der Waals surface area contributed by atoms with Crippen molar-refractivity contribution in [2.24, 2.45) is 0 Å². The lowest BCUT2D eigenvalue weighted by Crippen LogP contribution is -2.07. The Labute approximate surface area is 127 Å². The van der Waals surface area contributed by atoms with Gasteiger partial charge in [-0.1, -0.05) is 28.1 Å². The first kappa shape index (κ1) is 14.9. The maximum absolute atomic E-state index is 13.7. The fourth-order valence-electron chi connectivity index (χ4n) is 1.97. The molecule has 0 aliphatic rings. The summed E-state index contributed by atoms with van der Waals surface area (Å²) in [6.07, 6.45) is 0. The van der Waals surface area contributed by atoms with Crippen LogP contribution in [-0.4, -0.2) is 7.11 Å². The number of benzene rings is 2. The van der Waals surface area contributed by atoms with Crippen molar-refractivity contribution in [1.82, 2.24) is 0 Å². The number of rotatable bonds is 4. The van der Waals surface area contributed by atoms with Gasteiger partial charge in [-0.05, 0) is 49.2 Å². The van der Waals surface area contributed by atoms with Gasteiger partial charge in [-0.25, -0.2) is 4.39 Å². The Hall–Kier alpha value is -1.55. The van der Waals surface area contributed by atoms with E-state index < -0.39 is 0 Å². The Bertz CT molecular complexity index is 615. The summed E-state index contributed by atoms with van der Waals surface area (Å²) in [6.45, 7) is 4.03. The highest BCUT2D eigenvalue weighted by Crippen LogP contribution is 2.26. The summed E-state index contributed by atoms with van der Waals surface area (Å²) in [5.74, 6) is -0.0808. The van der Waals surface area contributed by atoms with E-state index in [2.05, 4.69) is 21.2 Å². The second-order valence-corrected chi connectivity index (χ2v) is 5.58. The number of aryl methyl sites for hydroxylation is 1. The van der Waals surface area contributed by atoms with E-state index in [1.165, 1.54) is 18.7 Å². The minimum absolute atomic E-state index is 0.00464. The molecule has 0 saturated carbocycles. The molecule has 0 aliphatic heterocycles. The van der Waals surface area contributed by atoms with Crippen LogP contribution in [0.1, 0.15) is 24.1 Å². The van der Waals surface area contributed by atoms with Crippen molar-refractivity contribution in [3.05, 3.63) is 57.8 Å². The van der Waals surface area contributed by atoms with Crippen LogP contribution in [0, 0.1) is 12.7 Å². The molecule has 20 heavy (non-hydrogen) atoms. The number of hydrogen-bond donors (Lipinski definition) is 1. The van der Waals surface area contributed by atoms with Crippen LogP contribution < -0.4 is 10.1 Å². The van der Waals surface area contributed by atoms with Crippen LogP contribution in [0.5, 0.6) is 5.75 Å². The Morgan fingerprint density at radius 3 is 2.55 bits per heavy atom. The molecule has 0 bridgehead atoms. The van der Waals surface area contributed by atoms with E-state index in [0.717, 1.165) is 15.7 Å². The molecule has 2 rings (SSSR count). The Morgan fingerprint density at radius 2 is 1.95 bits per heavy atom. The quantitative estimate of drug-likeness (QED) is 0.840. The zero-order chi connectivity index (χ0) is 14.7. The highest BCUT2D eigenvalue weighted by Gasteiger charge is 2.10. The number of hydrogen-bond acceptors (Lipinski definition) is 2. The second-order valence-electron chi connectivity index (χ2n) is 4.72. The van der Waals surface area contributed by atoms with Gasteiger partial charge in [0.05, 0.1) is 7.11 Å². The average molecular weight is 338 g/mol. The molecule has 2 aromatic carbocycles. The fourth-order valence-corrected chi connectivity index (χ4v) is 2.35. The molecular formula is C16H17BrFNO. The maximum atomic E-state index is 13.7. The number of ether oxygens (including phenoxy) is 1. The third kappa shape index (κ3) is 3.31. The van der Waals surface area contributed by atoms with E-state index in [1.807, 2.05) is 38.1 Å². The van der Waals surface area contributed by atoms with Crippen molar-refractivity contribution in [2.75, 3.05) is 12.4 Å². The first-order valence-corrected chi connectivity index (χ1v) is 7.16. The fraction of sp³-hybridized carbons (Fsp3) is 0.250. The molecule has 0 spiro atoms. The van der Waals surface area contributed by atoms with Crippen LogP contribution in [0.4, 0.5) is 10.1 Å². The third-order valence-electron chi connectivity index (χ3n) is 3.23. The van der Waals surface area contributed by atoms with Gasteiger partial charge in [-0.3, -0.25) is 0 Å². The van der Waals surface area contributed by atoms with E-state index in [-0.39, 0.29) is 17.6 Å². The normalized spacial score (nSPS) is 12.1. The predicted molar refractivity (Wildman–Crippen MR) is 83.9 cm³/mol. The van der Waals surface area contributed by atoms with Gasteiger partial charge in [-0.15, -0.1) is 0 Å². The SMILES string of the molecule is COc1ccc(C(C)Nc2ccc(C)c(Br)c2)cc1F. The topological polar surface area (TPSA) is 21.3 Å². The largest absolute Gasteiger partial charge is 0.494 e.